The number of methoxy groups -OCH3 is 5. The number of piperazine rings is 1. The normalized spacial score (nSPS) is 16.1. The van der Waals surface area contributed by atoms with Crippen LogP contribution in [0.15, 0.2) is 30.3 Å². The minimum atomic E-state index is 0.174. The number of hydrogen-bond donors (Lipinski definition) is 1. The van der Waals surface area contributed by atoms with Gasteiger partial charge in [0.25, 0.3) is 0 Å². The predicted octanol–water partition coefficient (Wildman–Crippen LogP) is 6.26. The quantitative estimate of drug-likeness (QED) is 0.309. The third kappa shape index (κ3) is 7.46. The molecule has 0 aliphatic carbocycles. The Morgan fingerprint density at radius 3 is 1.98 bits per heavy atom. The van der Waals surface area contributed by atoms with Gasteiger partial charge in [0, 0.05) is 55.8 Å². The SMILES string of the molecule is CC.CC.COc1cc2c(c(OC)c1OC)NC(CN1CCN(Cc3ccc4cc(OC)c(OC)c(C)c4n3)CC1)C=C2. The Kier molecular flexibility index (Phi) is 12.8. The molecule has 1 saturated heterocycles. The Bertz CT molecular complexity index is 1370. The predicted molar refractivity (Wildman–Crippen MR) is 177 cm³/mol. The molecule has 0 spiro atoms. The number of nitrogens with one attached hydrogen (secondary N) is 1. The number of ether oxygens (including phenoxy) is 5. The topological polar surface area (TPSA) is 77.6 Å². The number of benzene rings is 2. The molecule has 3 heterocycles. The fraction of sp³-hybridized carbons (Fsp3) is 0.500. The molecule has 9 nitrogen and oxygen atoms in total. The maximum absolute atomic E-state index is 5.70. The van der Waals surface area contributed by atoms with E-state index in [-0.39, 0.29) is 6.04 Å². The lowest BCUT2D eigenvalue weighted by molar-refractivity contribution is 0.125. The van der Waals surface area contributed by atoms with Gasteiger partial charge in [0.05, 0.1) is 58.5 Å². The largest absolute Gasteiger partial charge is 0.493 e. The first-order valence-electron chi connectivity index (χ1n) is 15.2. The molecule has 3 aromatic rings. The zero-order valence-corrected chi connectivity index (χ0v) is 27.7. The van der Waals surface area contributed by atoms with Crippen molar-refractivity contribution in [3.63, 3.8) is 0 Å². The van der Waals surface area contributed by atoms with Crippen LogP contribution in [0.1, 0.15) is 44.5 Å². The third-order valence-electron chi connectivity index (χ3n) is 7.62. The highest BCUT2D eigenvalue weighted by molar-refractivity contribution is 5.86. The van der Waals surface area contributed by atoms with Crippen molar-refractivity contribution in [3.8, 4) is 28.7 Å². The van der Waals surface area contributed by atoms with E-state index in [0.29, 0.717) is 17.2 Å². The average Bonchev–Trinajstić information content (AvgIpc) is 3.06. The van der Waals surface area contributed by atoms with Crippen LogP contribution in [0.2, 0.25) is 0 Å². The summed E-state index contributed by atoms with van der Waals surface area (Å²) in [6.07, 6.45) is 4.35. The zero-order chi connectivity index (χ0) is 31.5. The van der Waals surface area contributed by atoms with Crippen LogP contribution in [-0.2, 0) is 6.54 Å². The molecule has 1 unspecified atom stereocenters. The summed E-state index contributed by atoms with van der Waals surface area (Å²) in [5.74, 6) is 3.40. The summed E-state index contributed by atoms with van der Waals surface area (Å²) in [4.78, 5) is 9.97. The second kappa shape index (κ2) is 16.2. The molecule has 0 saturated carbocycles. The van der Waals surface area contributed by atoms with Crippen molar-refractivity contribution in [1.29, 1.82) is 0 Å². The van der Waals surface area contributed by atoms with Gasteiger partial charge < -0.3 is 29.0 Å². The molecule has 43 heavy (non-hydrogen) atoms. The first kappa shape index (κ1) is 33.8. The highest BCUT2D eigenvalue weighted by atomic mass is 16.5. The smallest absolute Gasteiger partial charge is 0.205 e. The van der Waals surface area contributed by atoms with E-state index in [9.17, 15) is 0 Å². The Balaban J connectivity index is 0.00000121. The highest BCUT2D eigenvalue weighted by Crippen LogP contribution is 2.47. The van der Waals surface area contributed by atoms with E-state index in [2.05, 4.69) is 39.4 Å². The number of hydrogen-bond acceptors (Lipinski definition) is 9. The van der Waals surface area contributed by atoms with Gasteiger partial charge in [-0.05, 0) is 25.1 Å². The summed E-state index contributed by atoms with van der Waals surface area (Å²) in [6, 6.07) is 8.38. The van der Waals surface area contributed by atoms with E-state index >= 15 is 0 Å². The van der Waals surface area contributed by atoms with Gasteiger partial charge in [0.15, 0.2) is 23.0 Å². The van der Waals surface area contributed by atoms with Gasteiger partial charge in [-0.2, -0.15) is 0 Å². The molecule has 0 radical (unpaired) electrons. The number of anilines is 1. The lowest BCUT2D eigenvalue weighted by Gasteiger charge is -2.37. The Labute approximate surface area is 257 Å². The monoisotopic (exact) mass is 594 g/mol. The van der Waals surface area contributed by atoms with Crippen molar-refractivity contribution >= 4 is 22.7 Å². The number of rotatable bonds is 9. The van der Waals surface area contributed by atoms with Crippen LogP contribution in [0.3, 0.4) is 0 Å². The van der Waals surface area contributed by atoms with E-state index in [1.54, 1.807) is 35.5 Å². The molecule has 1 aromatic heterocycles. The molecule has 1 fully saturated rings. The molecule has 9 heteroatoms. The number of aryl methyl sites for hydroxylation is 1. The van der Waals surface area contributed by atoms with Crippen molar-refractivity contribution < 1.29 is 23.7 Å². The van der Waals surface area contributed by atoms with E-state index in [4.69, 9.17) is 28.7 Å². The van der Waals surface area contributed by atoms with E-state index < -0.39 is 0 Å². The summed E-state index contributed by atoms with van der Waals surface area (Å²) in [6.45, 7) is 15.8. The Morgan fingerprint density at radius 2 is 1.37 bits per heavy atom. The molecule has 236 valence electrons. The standard InChI is InChI=1S/C30H38N4O5.2C2H6/c1-19-26-20(15-24(35-2)28(19)37-4)7-9-22(31-26)17-33-11-13-34(14-12-33)18-23-10-8-21-16-25(36-3)29(38-5)30(39-6)27(21)32-23;2*1-2/h7-10,15-16,23,32H,11-14,17-18H2,1-6H3;2*1-2H3. The molecule has 1 N–H and O–H groups in total. The van der Waals surface area contributed by atoms with Gasteiger partial charge >= 0.3 is 0 Å². The van der Waals surface area contributed by atoms with Crippen molar-refractivity contribution in [2.24, 2.45) is 0 Å². The minimum absolute atomic E-state index is 0.174. The van der Waals surface area contributed by atoms with Crippen LogP contribution >= 0.6 is 0 Å². The van der Waals surface area contributed by atoms with E-state index in [1.165, 1.54) is 0 Å². The van der Waals surface area contributed by atoms with E-state index in [1.807, 2.05) is 46.8 Å². The van der Waals surface area contributed by atoms with Crippen LogP contribution in [-0.4, -0.2) is 89.1 Å². The Morgan fingerprint density at radius 1 is 0.767 bits per heavy atom. The van der Waals surface area contributed by atoms with Gasteiger partial charge in [0.2, 0.25) is 5.75 Å². The maximum Gasteiger partial charge on any atom is 0.205 e. The zero-order valence-electron chi connectivity index (χ0n) is 27.7. The van der Waals surface area contributed by atoms with Gasteiger partial charge in [0.1, 0.15) is 0 Å². The third-order valence-corrected chi connectivity index (χ3v) is 7.62. The molecular weight excluding hydrogens is 544 g/mol. The van der Waals surface area contributed by atoms with Gasteiger partial charge in [-0.25, -0.2) is 0 Å². The fourth-order valence-electron chi connectivity index (χ4n) is 5.57. The molecule has 0 bridgehead atoms. The van der Waals surface area contributed by atoms with Gasteiger partial charge in [-0.3, -0.25) is 14.8 Å². The van der Waals surface area contributed by atoms with Gasteiger partial charge in [-0.1, -0.05) is 45.9 Å². The maximum atomic E-state index is 5.70. The molecular formula is C34H50N4O5. The van der Waals surface area contributed by atoms with Gasteiger partial charge in [-0.15, -0.1) is 0 Å². The average molecular weight is 595 g/mol. The molecule has 0 amide bonds. The minimum Gasteiger partial charge on any atom is -0.493 e. The van der Waals surface area contributed by atoms with Crippen molar-refractivity contribution in [2.75, 3.05) is 73.6 Å². The number of pyridine rings is 1. The van der Waals surface area contributed by atoms with Crippen molar-refractivity contribution in [2.45, 2.75) is 47.2 Å². The van der Waals surface area contributed by atoms with Crippen LogP contribution in [0.4, 0.5) is 5.69 Å². The molecule has 2 aliphatic heterocycles. The van der Waals surface area contributed by atoms with Crippen LogP contribution in [0, 0.1) is 6.92 Å². The summed E-state index contributed by atoms with van der Waals surface area (Å²) in [5.41, 5.74) is 4.99. The lowest BCUT2D eigenvalue weighted by atomic mass is 10.0. The summed E-state index contributed by atoms with van der Waals surface area (Å²) in [7, 11) is 8.25. The molecule has 2 aliphatic rings. The fourth-order valence-corrected chi connectivity index (χ4v) is 5.57. The van der Waals surface area contributed by atoms with E-state index in [0.717, 1.165) is 84.2 Å². The second-order valence-electron chi connectivity index (χ2n) is 9.91. The highest BCUT2D eigenvalue weighted by Gasteiger charge is 2.26. The Hall–Kier alpha value is -3.69. The molecule has 1 atom stereocenters. The van der Waals surface area contributed by atoms with Crippen LogP contribution < -0.4 is 29.0 Å². The first-order valence-corrected chi connectivity index (χ1v) is 15.2. The number of fused-ring (bicyclic) bond motifs is 2. The van der Waals surface area contributed by atoms with Crippen LogP contribution in [0.5, 0.6) is 28.7 Å². The summed E-state index contributed by atoms with van der Waals surface area (Å²) in [5, 5.41) is 4.71. The summed E-state index contributed by atoms with van der Waals surface area (Å²) < 4.78 is 27.9. The lowest BCUT2D eigenvalue weighted by Crippen LogP contribution is -2.49. The van der Waals surface area contributed by atoms with Crippen molar-refractivity contribution in [3.05, 3.63) is 47.2 Å². The molecule has 2 aromatic carbocycles. The number of nitrogens with zero attached hydrogens (tertiary/aromatic N) is 3. The first-order chi connectivity index (χ1) is 21.0. The summed E-state index contributed by atoms with van der Waals surface area (Å²) >= 11 is 0. The van der Waals surface area contributed by atoms with Crippen molar-refractivity contribution in [1.82, 2.24) is 14.8 Å². The second-order valence-corrected chi connectivity index (χ2v) is 9.91. The van der Waals surface area contributed by atoms with Crippen LogP contribution in [0.25, 0.3) is 17.0 Å². The molecule has 5 rings (SSSR count). The number of aromatic nitrogens is 1.